The van der Waals surface area contributed by atoms with Gasteiger partial charge in [-0.15, -0.1) is 11.3 Å². The fourth-order valence-electron chi connectivity index (χ4n) is 1.77. The summed E-state index contributed by atoms with van der Waals surface area (Å²) in [6.07, 6.45) is 8.34. The molecule has 1 unspecified atom stereocenters. The molecule has 0 amide bonds. The smallest absolute Gasteiger partial charge is 0.115 e. The van der Waals surface area contributed by atoms with Crippen molar-refractivity contribution in [2.45, 2.75) is 25.3 Å². The second kappa shape index (κ2) is 6.44. The molecule has 3 N–H and O–H groups in total. The zero-order valence-corrected chi connectivity index (χ0v) is 10.4. The summed E-state index contributed by atoms with van der Waals surface area (Å²) >= 11 is 1.80. The van der Waals surface area contributed by atoms with E-state index in [1.165, 1.54) is 11.2 Å². The molecule has 0 saturated carbocycles. The molecule has 2 aromatic heterocycles. The monoisotopic (exact) mass is 248 g/mol. The maximum atomic E-state index is 5.56. The first kappa shape index (κ1) is 12.2. The van der Waals surface area contributed by atoms with Gasteiger partial charge < -0.3 is 0 Å². The maximum absolute atomic E-state index is 5.56. The molecule has 0 saturated heterocycles. The van der Waals surface area contributed by atoms with E-state index in [2.05, 4.69) is 32.9 Å². The Balaban J connectivity index is 1.84. The molecule has 2 rings (SSSR count). The Kier molecular flexibility index (Phi) is 4.61. The summed E-state index contributed by atoms with van der Waals surface area (Å²) in [5, 5.41) is 2.11. The molecule has 2 aromatic rings. The first-order valence-electron chi connectivity index (χ1n) is 5.63. The van der Waals surface area contributed by atoms with E-state index in [0.29, 0.717) is 0 Å². The van der Waals surface area contributed by atoms with Crippen molar-refractivity contribution in [3.63, 3.8) is 0 Å². The van der Waals surface area contributed by atoms with Crippen molar-refractivity contribution in [2.75, 3.05) is 0 Å². The Hall–Kier alpha value is -1.30. The molecule has 0 radical (unpaired) electrons. The molecular formula is C12H16N4S. The van der Waals surface area contributed by atoms with E-state index in [-0.39, 0.29) is 6.04 Å². The van der Waals surface area contributed by atoms with Crippen LogP contribution in [0.15, 0.2) is 36.2 Å². The second-order valence-corrected chi connectivity index (χ2v) is 4.89. The Labute approximate surface area is 105 Å². The predicted molar refractivity (Wildman–Crippen MR) is 69.4 cm³/mol. The van der Waals surface area contributed by atoms with Gasteiger partial charge in [-0.25, -0.2) is 9.97 Å². The van der Waals surface area contributed by atoms with Gasteiger partial charge in [0, 0.05) is 28.9 Å². The number of nitrogens with two attached hydrogens (primary N) is 1. The van der Waals surface area contributed by atoms with E-state index in [1.54, 1.807) is 11.3 Å². The number of hydrogen-bond donors (Lipinski definition) is 2. The number of aromatic nitrogens is 2. The zero-order chi connectivity index (χ0) is 11.9. The highest BCUT2D eigenvalue weighted by Crippen LogP contribution is 2.19. The van der Waals surface area contributed by atoms with Gasteiger partial charge in [0.05, 0.1) is 0 Å². The summed E-state index contributed by atoms with van der Waals surface area (Å²) in [7, 11) is 0. The molecule has 0 aliphatic heterocycles. The van der Waals surface area contributed by atoms with Gasteiger partial charge in [0.25, 0.3) is 0 Å². The third-order valence-corrected chi connectivity index (χ3v) is 3.62. The van der Waals surface area contributed by atoms with Gasteiger partial charge in [-0.3, -0.25) is 11.3 Å². The normalized spacial score (nSPS) is 12.5. The third kappa shape index (κ3) is 3.59. The minimum atomic E-state index is 0.135. The van der Waals surface area contributed by atoms with Gasteiger partial charge in [-0.2, -0.15) is 0 Å². The predicted octanol–water partition coefficient (Wildman–Crippen LogP) is 2.07. The van der Waals surface area contributed by atoms with Gasteiger partial charge in [-0.05, 0) is 30.7 Å². The summed E-state index contributed by atoms with van der Waals surface area (Å²) in [6, 6.07) is 4.39. The van der Waals surface area contributed by atoms with Crippen LogP contribution in [0.4, 0.5) is 0 Å². The average Bonchev–Trinajstić information content (AvgIpc) is 2.89. The number of nitrogens with zero attached hydrogens (tertiary/aromatic N) is 2. The Morgan fingerprint density at radius 3 is 2.82 bits per heavy atom. The van der Waals surface area contributed by atoms with Crippen LogP contribution in [0.5, 0.6) is 0 Å². The van der Waals surface area contributed by atoms with Gasteiger partial charge in [0.15, 0.2) is 0 Å². The van der Waals surface area contributed by atoms with Crippen molar-refractivity contribution in [2.24, 2.45) is 5.84 Å². The molecule has 90 valence electrons. The van der Waals surface area contributed by atoms with Gasteiger partial charge >= 0.3 is 0 Å². The lowest BCUT2D eigenvalue weighted by Crippen LogP contribution is -2.28. The molecule has 0 aliphatic rings. The third-order valence-electron chi connectivity index (χ3n) is 2.68. The molecule has 17 heavy (non-hydrogen) atoms. The van der Waals surface area contributed by atoms with E-state index < -0.39 is 0 Å². The minimum absolute atomic E-state index is 0.135. The standard InChI is InChI=1S/C12H16N4S/c13-16-12(10-7-14-9-15-8-10)5-1-3-11-4-2-6-17-11/h2,4,6-9,12,16H,1,3,5,13H2. The number of nitrogens with one attached hydrogen (secondary N) is 1. The van der Waals surface area contributed by atoms with Crippen LogP contribution in [0.25, 0.3) is 0 Å². The molecule has 2 heterocycles. The summed E-state index contributed by atoms with van der Waals surface area (Å²) in [6.45, 7) is 0. The molecule has 0 fully saturated rings. The van der Waals surface area contributed by atoms with Gasteiger partial charge in [0.1, 0.15) is 6.33 Å². The summed E-state index contributed by atoms with van der Waals surface area (Å²) < 4.78 is 0. The zero-order valence-electron chi connectivity index (χ0n) is 9.54. The first-order valence-corrected chi connectivity index (χ1v) is 6.51. The van der Waals surface area contributed by atoms with E-state index in [4.69, 9.17) is 5.84 Å². The first-order chi connectivity index (χ1) is 8.40. The number of aryl methyl sites for hydroxylation is 1. The molecule has 0 aliphatic carbocycles. The van der Waals surface area contributed by atoms with Crippen LogP contribution in [0.3, 0.4) is 0 Å². The minimum Gasteiger partial charge on any atom is -0.271 e. The summed E-state index contributed by atoms with van der Waals surface area (Å²) in [5.74, 6) is 5.56. The SMILES string of the molecule is NNC(CCCc1cccs1)c1cncnc1. The molecule has 4 nitrogen and oxygen atoms in total. The van der Waals surface area contributed by atoms with Crippen molar-refractivity contribution in [1.82, 2.24) is 15.4 Å². The topological polar surface area (TPSA) is 63.8 Å². The van der Waals surface area contributed by atoms with E-state index >= 15 is 0 Å². The number of thiophene rings is 1. The van der Waals surface area contributed by atoms with Crippen LogP contribution < -0.4 is 11.3 Å². The van der Waals surface area contributed by atoms with Crippen molar-refractivity contribution < 1.29 is 0 Å². The van der Waals surface area contributed by atoms with Gasteiger partial charge in [0.2, 0.25) is 0 Å². The molecule has 5 heteroatoms. The molecule has 0 spiro atoms. The lowest BCUT2D eigenvalue weighted by molar-refractivity contribution is 0.496. The molecule has 1 atom stereocenters. The van der Waals surface area contributed by atoms with E-state index in [1.807, 2.05) is 12.4 Å². The number of hydrazine groups is 1. The Morgan fingerprint density at radius 1 is 1.35 bits per heavy atom. The van der Waals surface area contributed by atoms with Crippen LogP contribution in [0, 0.1) is 0 Å². The van der Waals surface area contributed by atoms with Gasteiger partial charge in [-0.1, -0.05) is 6.07 Å². The average molecular weight is 248 g/mol. The van der Waals surface area contributed by atoms with Crippen LogP contribution in [-0.4, -0.2) is 9.97 Å². The van der Waals surface area contributed by atoms with Crippen molar-refractivity contribution >= 4 is 11.3 Å². The molecular weight excluding hydrogens is 232 g/mol. The van der Waals surface area contributed by atoms with E-state index in [9.17, 15) is 0 Å². The van der Waals surface area contributed by atoms with Crippen LogP contribution >= 0.6 is 11.3 Å². The fraction of sp³-hybridized carbons (Fsp3) is 0.333. The molecule has 0 aromatic carbocycles. The van der Waals surface area contributed by atoms with Crippen LogP contribution in [-0.2, 0) is 6.42 Å². The van der Waals surface area contributed by atoms with Crippen molar-refractivity contribution in [3.8, 4) is 0 Å². The number of hydrogen-bond acceptors (Lipinski definition) is 5. The van der Waals surface area contributed by atoms with Crippen LogP contribution in [0.2, 0.25) is 0 Å². The quantitative estimate of drug-likeness (QED) is 0.607. The highest BCUT2D eigenvalue weighted by atomic mass is 32.1. The lowest BCUT2D eigenvalue weighted by Gasteiger charge is -2.14. The largest absolute Gasteiger partial charge is 0.271 e. The fourth-order valence-corrected chi connectivity index (χ4v) is 2.52. The van der Waals surface area contributed by atoms with Crippen LogP contribution in [0.1, 0.15) is 29.3 Å². The summed E-state index contributed by atoms with van der Waals surface area (Å²) in [5.41, 5.74) is 3.86. The molecule has 0 bridgehead atoms. The Morgan fingerprint density at radius 2 is 2.18 bits per heavy atom. The highest BCUT2D eigenvalue weighted by molar-refractivity contribution is 7.09. The van der Waals surface area contributed by atoms with E-state index in [0.717, 1.165) is 24.8 Å². The summed E-state index contributed by atoms with van der Waals surface area (Å²) in [4.78, 5) is 9.44. The Bertz CT molecular complexity index is 415. The van der Waals surface area contributed by atoms with Crippen molar-refractivity contribution in [1.29, 1.82) is 0 Å². The second-order valence-electron chi connectivity index (χ2n) is 3.86. The number of rotatable bonds is 6. The van der Waals surface area contributed by atoms with Crippen molar-refractivity contribution in [3.05, 3.63) is 46.7 Å². The lowest BCUT2D eigenvalue weighted by atomic mass is 10.0. The maximum Gasteiger partial charge on any atom is 0.115 e. The highest BCUT2D eigenvalue weighted by Gasteiger charge is 2.09.